The summed E-state index contributed by atoms with van der Waals surface area (Å²) in [6, 6.07) is 20.9. The van der Waals surface area contributed by atoms with Gasteiger partial charge in [0, 0.05) is 37.3 Å². The Morgan fingerprint density at radius 3 is 2.59 bits per heavy atom. The van der Waals surface area contributed by atoms with Crippen molar-refractivity contribution in [3.63, 3.8) is 0 Å². The van der Waals surface area contributed by atoms with Gasteiger partial charge in [-0.05, 0) is 59.5 Å². The van der Waals surface area contributed by atoms with Gasteiger partial charge in [-0.25, -0.2) is 9.18 Å². The van der Waals surface area contributed by atoms with Gasteiger partial charge in [-0.2, -0.15) is 0 Å². The molecular weight excluding hydrogens is 559 g/mol. The Kier molecular flexibility index (Phi) is 8.29. The molecule has 3 fully saturated rings. The SMILES string of the molecule is Cc1cccc(N(Cc2ccc(F)cc2)C(=O)O[C@H]2C[N+]3(CCc4ccc5c(c4)CCO5)CCC2CC3)c1.[Br-]. The normalized spacial score (nSPS) is 22.9. The number of hydrogen-bond donors (Lipinski definition) is 0. The number of quaternary nitrogens is 1. The number of fused-ring (bicyclic) bond motifs is 4. The standard InChI is InChI=1S/C32H36FN2O3.BrH/c1-23-3-2-4-29(19-23)34(21-25-5-8-28(33)9-6-25)32(36)38-31-22-35(16-12-26(31)13-17-35)15-11-24-7-10-30-27(20-24)14-18-37-30;/h2-10,19-20,26,31H,11-18,21-22H2,1H3;1H/q+1;/p-1/t26?,31-,35?;/m0./s1. The van der Waals surface area contributed by atoms with E-state index in [-0.39, 0.29) is 35.0 Å². The van der Waals surface area contributed by atoms with E-state index in [4.69, 9.17) is 9.47 Å². The van der Waals surface area contributed by atoms with Gasteiger partial charge in [0.15, 0.2) is 6.10 Å². The van der Waals surface area contributed by atoms with Gasteiger partial charge in [-0.15, -0.1) is 0 Å². The predicted octanol–water partition coefficient (Wildman–Crippen LogP) is 3.07. The van der Waals surface area contributed by atoms with Gasteiger partial charge in [-0.3, -0.25) is 4.90 Å². The van der Waals surface area contributed by atoms with E-state index in [2.05, 4.69) is 18.2 Å². The number of piperidine rings is 3. The lowest BCUT2D eigenvalue weighted by atomic mass is 9.83. The highest BCUT2D eigenvalue weighted by Crippen LogP contribution is 2.37. The summed E-state index contributed by atoms with van der Waals surface area (Å²) in [6.45, 7) is 7.39. The molecule has 39 heavy (non-hydrogen) atoms. The maximum Gasteiger partial charge on any atom is 0.415 e. The van der Waals surface area contributed by atoms with E-state index in [0.29, 0.717) is 12.5 Å². The number of carbonyl (C=O) groups excluding carboxylic acids is 1. The molecule has 0 unspecified atom stereocenters. The zero-order valence-corrected chi connectivity index (χ0v) is 24.0. The Bertz CT molecular complexity index is 1310. The van der Waals surface area contributed by atoms with Crippen molar-refractivity contribution in [1.29, 1.82) is 0 Å². The lowest BCUT2D eigenvalue weighted by Gasteiger charge is -2.52. The number of carbonyl (C=O) groups is 1. The fraction of sp³-hybridized carbons (Fsp3) is 0.406. The average molecular weight is 596 g/mol. The molecule has 2 bridgehead atoms. The summed E-state index contributed by atoms with van der Waals surface area (Å²) in [4.78, 5) is 15.4. The van der Waals surface area contributed by atoms with Gasteiger partial charge in [-0.1, -0.05) is 36.4 Å². The number of rotatable bonds is 7. The third kappa shape index (κ3) is 6.15. The number of amides is 1. The van der Waals surface area contributed by atoms with Crippen molar-refractivity contribution < 1.29 is 40.1 Å². The molecule has 4 aliphatic heterocycles. The van der Waals surface area contributed by atoms with Crippen LogP contribution in [-0.4, -0.2) is 49.5 Å². The highest BCUT2D eigenvalue weighted by molar-refractivity contribution is 5.87. The van der Waals surface area contributed by atoms with Crippen LogP contribution in [0.2, 0.25) is 0 Å². The molecule has 3 aromatic carbocycles. The molecule has 0 aromatic heterocycles. The summed E-state index contributed by atoms with van der Waals surface area (Å²) in [7, 11) is 0. The van der Waals surface area contributed by atoms with Crippen LogP contribution in [0.1, 0.15) is 35.1 Å². The summed E-state index contributed by atoms with van der Waals surface area (Å²) >= 11 is 0. The van der Waals surface area contributed by atoms with E-state index in [1.165, 1.54) is 23.3 Å². The molecule has 7 heteroatoms. The van der Waals surface area contributed by atoms with Gasteiger partial charge < -0.3 is 30.9 Å². The van der Waals surface area contributed by atoms with Crippen LogP contribution in [0.3, 0.4) is 0 Å². The second-order valence-electron chi connectivity index (χ2n) is 11.3. The molecule has 0 aliphatic carbocycles. The van der Waals surface area contributed by atoms with Crippen LogP contribution >= 0.6 is 0 Å². The fourth-order valence-corrected chi connectivity index (χ4v) is 6.45. The predicted molar refractivity (Wildman–Crippen MR) is 146 cm³/mol. The monoisotopic (exact) mass is 594 g/mol. The molecule has 0 N–H and O–H groups in total. The molecule has 4 aliphatic rings. The minimum absolute atomic E-state index is 0. The van der Waals surface area contributed by atoms with E-state index in [9.17, 15) is 9.18 Å². The van der Waals surface area contributed by atoms with Crippen LogP contribution in [0.15, 0.2) is 66.7 Å². The van der Waals surface area contributed by atoms with Gasteiger partial charge in [0.25, 0.3) is 0 Å². The maximum absolute atomic E-state index is 13.7. The highest BCUT2D eigenvalue weighted by atomic mass is 79.9. The Hall–Kier alpha value is -2.90. The lowest BCUT2D eigenvalue weighted by molar-refractivity contribution is -0.945. The molecule has 4 heterocycles. The highest BCUT2D eigenvalue weighted by Gasteiger charge is 2.47. The fourth-order valence-electron chi connectivity index (χ4n) is 6.45. The first-order valence-corrected chi connectivity index (χ1v) is 13.9. The quantitative estimate of drug-likeness (QED) is 0.395. The first-order valence-electron chi connectivity index (χ1n) is 13.9. The van der Waals surface area contributed by atoms with Crippen molar-refractivity contribution in [3.8, 4) is 5.75 Å². The van der Waals surface area contributed by atoms with E-state index >= 15 is 0 Å². The average Bonchev–Trinajstić information content (AvgIpc) is 3.40. The maximum atomic E-state index is 13.7. The molecule has 3 aromatic rings. The summed E-state index contributed by atoms with van der Waals surface area (Å²) < 4.78 is 26.5. The van der Waals surface area contributed by atoms with Crippen molar-refractivity contribution >= 4 is 11.8 Å². The first-order chi connectivity index (χ1) is 18.5. The van der Waals surface area contributed by atoms with Crippen LogP contribution in [0.4, 0.5) is 14.9 Å². The van der Waals surface area contributed by atoms with E-state index < -0.39 is 0 Å². The van der Waals surface area contributed by atoms with Crippen molar-refractivity contribution in [3.05, 3.63) is 94.8 Å². The molecule has 0 saturated carbocycles. The summed E-state index contributed by atoms with van der Waals surface area (Å²) in [5.41, 5.74) is 5.42. The lowest BCUT2D eigenvalue weighted by Crippen LogP contribution is -3.00. The van der Waals surface area contributed by atoms with Crippen LogP contribution in [0.25, 0.3) is 0 Å². The Balaban J connectivity index is 0.00000308. The van der Waals surface area contributed by atoms with Crippen molar-refractivity contribution in [2.75, 3.05) is 37.7 Å². The molecule has 7 rings (SSSR count). The molecule has 5 nitrogen and oxygen atoms in total. The van der Waals surface area contributed by atoms with Gasteiger partial charge in [0.2, 0.25) is 0 Å². The topological polar surface area (TPSA) is 38.8 Å². The van der Waals surface area contributed by atoms with Crippen molar-refractivity contribution in [2.24, 2.45) is 5.92 Å². The van der Waals surface area contributed by atoms with Crippen LogP contribution in [-0.2, 0) is 24.1 Å². The number of benzene rings is 3. The smallest absolute Gasteiger partial charge is 0.415 e. The molecular formula is C32H36BrFN2O3. The van der Waals surface area contributed by atoms with Crippen molar-refractivity contribution in [1.82, 2.24) is 0 Å². The number of halogens is 2. The van der Waals surface area contributed by atoms with Gasteiger partial charge in [0.05, 0.1) is 32.8 Å². The number of anilines is 1. The minimum atomic E-state index is -0.324. The second kappa shape index (κ2) is 11.7. The zero-order chi connectivity index (χ0) is 26.1. The van der Waals surface area contributed by atoms with Crippen molar-refractivity contribution in [2.45, 2.75) is 45.3 Å². The van der Waals surface area contributed by atoms with Crippen LogP contribution < -0.4 is 26.6 Å². The Morgan fingerprint density at radius 2 is 1.82 bits per heavy atom. The van der Waals surface area contributed by atoms with E-state index in [0.717, 1.165) is 85.5 Å². The zero-order valence-electron chi connectivity index (χ0n) is 22.5. The molecule has 1 amide bonds. The summed E-state index contributed by atoms with van der Waals surface area (Å²) in [6.07, 6.45) is 3.81. The Morgan fingerprint density at radius 1 is 1.05 bits per heavy atom. The minimum Gasteiger partial charge on any atom is -1.00 e. The molecule has 206 valence electrons. The number of nitrogens with zero attached hydrogens (tertiary/aromatic N) is 2. The molecule has 1 atom stereocenters. The largest absolute Gasteiger partial charge is 1.00 e. The van der Waals surface area contributed by atoms with E-state index in [1.807, 2.05) is 31.2 Å². The van der Waals surface area contributed by atoms with Gasteiger partial charge >= 0.3 is 6.09 Å². The van der Waals surface area contributed by atoms with Gasteiger partial charge in [0.1, 0.15) is 18.1 Å². The first kappa shape index (κ1) is 27.7. The molecule has 3 saturated heterocycles. The summed E-state index contributed by atoms with van der Waals surface area (Å²) in [5.74, 6) is 1.17. The number of hydrogen-bond acceptors (Lipinski definition) is 3. The summed E-state index contributed by atoms with van der Waals surface area (Å²) in [5, 5.41) is 0. The second-order valence-corrected chi connectivity index (χ2v) is 11.3. The third-order valence-corrected chi connectivity index (χ3v) is 8.71. The van der Waals surface area contributed by atoms with Crippen LogP contribution in [0, 0.1) is 18.7 Å². The van der Waals surface area contributed by atoms with Crippen LogP contribution in [0.5, 0.6) is 5.75 Å². The Labute approximate surface area is 240 Å². The molecule has 0 radical (unpaired) electrons. The third-order valence-electron chi connectivity index (χ3n) is 8.71. The molecule has 0 spiro atoms. The number of ether oxygens (including phenoxy) is 2. The number of aryl methyl sites for hydroxylation is 1. The van der Waals surface area contributed by atoms with E-state index in [1.54, 1.807) is 17.0 Å².